The van der Waals surface area contributed by atoms with Crippen LogP contribution in [0.15, 0.2) is 22.7 Å². The number of ether oxygens (including phenoxy) is 1. The number of carbonyl (C=O) groups is 1. The van der Waals surface area contributed by atoms with Crippen molar-refractivity contribution in [1.29, 1.82) is 0 Å². The highest BCUT2D eigenvalue weighted by Gasteiger charge is 2.32. The molecule has 2 atom stereocenters. The van der Waals surface area contributed by atoms with E-state index in [0.717, 1.165) is 5.56 Å². The Morgan fingerprint density at radius 2 is 2.33 bits per heavy atom. The Bertz CT molecular complexity index is 453. The average Bonchev–Trinajstić information content (AvgIpc) is 2.82. The Kier molecular flexibility index (Phi) is 4.48. The molecule has 3 nitrogen and oxygen atoms in total. The third-order valence-electron chi connectivity index (χ3n) is 3.23. The highest BCUT2D eigenvalue weighted by atomic mass is 79.9. The zero-order valence-corrected chi connectivity index (χ0v) is 11.7. The minimum absolute atomic E-state index is 0.0846. The van der Waals surface area contributed by atoms with Crippen molar-refractivity contribution in [1.82, 2.24) is 5.32 Å². The Morgan fingerprint density at radius 1 is 1.56 bits per heavy atom. The van der Waals surface area contributed by atoms with Crippen molar-refractivity contribution in [2.24, 2.45) is 5.92 Å². The van der Waals surface area contributed by atoms with E-state index in [0.29, 0.717) is 24.1 Å². The van der Waals surface area contributed by atoms with Crippen molar-refractivity contribution in [3.05, 3.63) is 34.1 Å². The fraction of sp³-hybridized carbons (Fsp3) is 0.462. The Balaban J connectivity index is 2.04. The van der Waals surface area contributed by atoms with Gasteiger partial charge in [0, 0.05) is 12.5 Å². The van der Waals surface area contributed by atoms with Gasteiger partial charge in [0.15, 0.2) is 0 Å². The Hall–Kier alpha value is -0.780. The van der Waals surface area contributed by atoms with Gasteiger partial charge in [-0.3, -0.25) is 4.79 Å². The second kappa shape index (κ2) is 5.91. The van der Waals surface area contributed by atoms with E-state index < -0.39 is 0 Å². The number of benzene rings is 1. The number of hydrogen-bond donors (Lipinski definition) is 1. The van der Waals surface area contributed by atoms with Crippen LogP contribution in [0.3, 0.4) is 0 Å². The predicted octanol–water partition coefficient (Wildman–Crippen LogP) is 1.93. The molecule has 1 N–H and O–H groups in total. The molecule has 1 aliphatic heterocycles. The molecule has 0 radical (unpaired) electrons. The normalized spacial score (nSPS) is 23.3. The van der Waals surface area contributed by atoms with E-state index in [1.807, 2.05) is 7.05 Å². The molecule has 1 fully saturated rings. The topological polar surface area (TPSA) is 38.3 Å². The summed E-state index contributed by atoms with van der Waals surface area (Å²) in [5.74, 6) is -0.298. The first-order chi connectivity index (χ1) is 8.61. The molecule has 5 heteroatoms. The molecule has 0 bridgehead atoms. The maximum Gasteiger partial charge on any atom is 0.144 e. The second-order valence-electron chi connectivity index (χ2n) is 4.43. The molecule has 1 aromatic carbocycles. The predicted molar refractivity (Wildman–Crippen MR) is 70.0 cm³/mol. The molecule has 1 heterocycles. The molecule has 0 aliphatic carbocycles. The Morgan fingerprint density at radius 3 is 3.00 bits per heavy atom. The fourth-order valence-corrected chi connectivity index (χ4v) is 2.56. The van der Waals surface area contributed by atoms with Crippen LogP contribution < -0.4 is 5.32 Å². The molecular weight excluding hydrogens is 301 g/mol. The summed E-state index contributed by atoms with van der Waals surface area (Å²) in [7, 11) is 1.83. The van der Waals surface area contributed by atoms with E-state index >= 15 is 0 Å². The van der Waals surface area contributed by atoms with Crippen molar-refractivity contribution in [2.45, 2.75) is 12.5 Å². The van der Waals surface area contributed by atoms with Crippen LogP contribution in [0.25, 0.3) is 0 Å². The first kappa shape index (κ1) is 13.6. The number of hydrogen-bond acceptors (Lipinski definition) is 3. The van der Waals surface area contributed by atoms with Crippen LogP contribution >= 0.6 is 15.9 Å². The van der Waals surface area contributed by atoms with Crippen molar-refractivity contribution in [3.8, 4) is 0 Å². The van der Waals surface area contributed by atoms with E-state index in [9.17, 15) is 9.18 Å². The highest BCUT2D eigenvalue weighted by molar-refractivity contribution is 9.10. The molecule has 0 amide bonds. The lowest BCUT2D eigenvalue weighted by molar-refractivity contribution is -0.122. The summed E-state index contributed by atoms with van der Waals surface area (Å²) in [6.07, 6.45) is 0.311. The second-order valence-corrected chi connectivity index (χ2v) is 5.29. The largest absolute Gasteiger partial charge is 0.379 e. The van der Waals surface area contributed by atoms with E-state index in [2.05, 4.69) is 21.2 Å². The average molecular weight is 316 g/mol. The third kappa shape index (κ3) is 2.96. The van der Waals surface area contributed by atoms with E-state index in [1.54, 1.807) is 12.1 Å². The minimum Gasteiger partial charge on any atom is -0.379 e. The Labute approximate surface area is 114 Å². The molecule has 18 heavy (non-hydrogen) atoms. The maximum atomic E-state index is 13.1. The SMILES string of the molecule is CNC1COCC1C(=O)Cc1ccc(F)c(Br)c1. The number of ketones is 1. The summed E-state index contributed by atoms with van der Waals surface area (Å²) in [6, 6.07) is 4.74. The maximum absolute atomic E-state index is 13.1. The van der Waals surface area contributed by atoms with Crippen molar-refractivity contribution in [2.75, 3.05) is 20.3 Å². The molecule has 0 saturated carbocycles. The number of rotatable bonds is 4. The van der Waals surface area contributed by atoms with Crippen molar-refractivity contribution < 1.29 is 13.9 Å². The van der Waals surface area contributed by atoms with E-state index in [-0.39, 0.29) is 23.6 Å². The van der Waals surface area contributed by atoms with Gasteiger partial charge in [0.25, 0.3) is 0 Å². The molecule has 0 spiro atoms. The van der Waals surface area contributed by atoms with Gasteiger partial charge < -0.3 is 10.1 Å². The molecule has 1 aliphatic rings. The lowest BCUT2D eigenvalue weighted by atomic mass is 9.94. The number of Topliss-reactive ketones (excluding diaryl/α,β-unsaturated/α-hetero) is 1. The van der Waals surface area contributed by atoms with Crippen molar-refractivity contribution in [3.63, 3.8) is 0 Å². The van der Waals surface area contributed by atoms with Gasteiger partial charge in [-0.2, -0.15) is 0 Å². The quantitative estimate of drug-likeness (QED) is 0.922. The van der Waals surface area contributed by atoms with Crippen LogP contribution in [0, 0.1) is 11.7 Å². The number of halogens is 2. The molecular formula is C13H15BrFNO2. The number of nitrogens with one attached hydrogen (secondary N) is 1. The molecule has 1 saturated heterocycles. The van der Waals surface area contributed by atoms with Gasteiger partial charge in [0.2, 0.25) is 0 Å². The number of carbonyl (C=O) groups excluding carboxylic acids is 1. The van der Waals surface area contributed by atoms with Crippen molar-refractivity contribution >= 4 is 21.7 Å². The molecule has 2 unspecified atom stereocenters. The van der Waals surface area contributed by atoms with Gasteiger partial charge in [-0.05, 0) is 40.7 Å². The lowest BCUT2D eigenvalue weighted by Crippen LogP contribution is -2.37. The zero-order chi connectivity index (χ0) is 13.1. The summed E-state index contributed by atoms with van der Waals surface area (Å²) in [6.45, 7) is 1.03. The van der Waals surface area contributed by atoms with Crippen LogP contribution in [0.2, 0.25) is 0 Å². The summed E-state index contributed by atoms with van der Waals surface area (Å²) < 4.78 is 18.8. The summed E-state index contributed by atoms with van der Waals surface area (Å²) in [5, 5.41) is 3.09. The third-order valence-corrected chi connectivity index (χ3v) is 3.83. The van der Waals surface area contributed by atoms with Gasteiger partial charge in [-0.25, -0.2) is 4.39 Å². The first-order valence-corrected chi connectivity index (χ1v) is 6.62. The smallest absolute Gasteiger partial charge is 0.144 e. The molecule has 0 aromatic heterocycles. The summed E-state index contributed by atoms with van der Waals surface area (Å²) in [4.78, 5) is 12.2. The first-order valence-electron chi connectivity index (χ1n) is 5.83. The molecule has 1 aromatic rings. The molecule has 2 rings (SSSR count). The monoisotopic (exact) mass is 315 g/mol. The van der Waals surface area contributed by atoms with Crippen LogP contribution in [-0.4, -0.2) is 32.1 Å². The van der Waals surface area contributed by atoms with Crippen LogP contribution in [0.1, 0.15) is 5.56 Å². The highest BCUT2D eigenvalue weighted by Crippen LogP contribution is 2.20. The van der Waals surface area contributed by atoms with Gasteiger partial charge in [-0.15, -0.1) is 0 Å². The van der Waals surface area contributed by atoms with Crippen LogP contribution in [0.5, 0.6) is 0 Å². The fourth-order valence-electron chi connectivity index (χ4n) is 2.14. The lowest BCUT2D eigenvalue weighted by Gasteiger charge is -2.15. The van der Waals surface area contributed by atoms with Gasteiger partial charge in [-0.1, -0.05) is 6.07 Å². The van der Waals surface area contributed by atoms with Crippen LogP contribution in [-0.2, 0) is 16.0 Å². The van der Waals surface area contributed by atoms with Gasteiger partial charge in [0.05, 0.1) is 23.6 Å². The minimum atomic E-state index is -0.316. The van der Waals surface area contributed by atoms with E-state index in [1.165, 1.54) is 6.07 Å². The molecule has 98 valence electrons. The summed E-state index contributed by atoms with van der Waals surface area (Å²) >= 11 is 3.12. The summed E-state index contributed by atoms with van der Waals surface area (Å²) in [5.41, 5.74) is 0.815. The van der Waals surface area contributed by atoms with Crippen LogP contribution in [0.4, 0.5) is 4.39 Å². The zero-order valence-electron chi connectivity index (χ0n) is 10.1. The van der Waals surface area contributed by atoms with Gasteiger partial charge in [0.1, 0.15) is 11.6 Å². The standard InChI is InChI=1S/C13H15BrFNO2/c1-16-12-7-18-6-9(12)13(17)5-8-2-3-11(15)10(14)4-8/h2-4,9,12,16H,5-7H2,1H3. The number of likely N-dealkylation sites (N-methyl/N-ethyl adjacent to an activating group) is 1. The van der Waals surface area contributed by atoms with E-state index in [4.69, 9.17) is 4.74 Å². The van der Waals surface area contributed by atoms with Gasteiger partial charge >= 0.3 is 0 Å².